The number of hydrogen-bond acceptors (Lipinski definition) is 0. The van der Waals surface area contributed by atoms with Crippen LogP contribution in [0.4, 0.5) is 0 Å². The van der Waals surface area contributed by atoms with Gasteiger partial charge in [0.25, 0.3) is 0 Å². The molecular formula is C54H69Cl2SiZr. The third-order valence-electron chi connectivity index (χ3n) is 16.3. The zero-order valence-corrected chi connectivity index (χ0v) is 41.7. The molecule has 4 aliphatic rings. The van der Waals surface area contributed by atoms with Gasteiger partial charge < -0.3 is 0 Å². The summed E-state index contributed by atoms with van der Waals surface area (Å²) in [6.07, 6.45) is 25.5. The van der Waals surface area contributed by atoms with Crippen LogP contribution in [0.2, 0.25) is 13.1 Å². The second kappa shape index (κ2) is 17.1. The number of hydrogen-bond donors (Lipinski definition) is 0. The average Bonchev–Trinajstić information content (AvgIpc) is 3.83. The molecule has 0 aliphatic heterocycles. The van der Waals surface area contributed by atoms with Crippen molar-refractivity contribution in [2.45, 2.75) is 151 Å². The molecule has 0 spiro atoms. The van der Waals surface area contributed by atoms with Crippen LogP contribution in [0.5, 0.6) is 0 Å². The first-order valence-electron chi connectivity index (χ1n) is 23.4. The Labute approximate surface area is 361 Å². The summed E-state index contributed by atoms with van der Waals surface area (Å²) in [7, 11) is 18.5. The van der Waals surface area contributed by atoms with Gasteiger partial charge in [-0.25, -0.2) is 0 Å². The molecule has 2 saturated carbocycles. The van der Waals surface area contributed by atoms with Gasteiger partial charge in [-0.15, -0.1) is 0 Å². The van der Waals surface area contributed by atoms with Crippen molar-refractivity contribution in [1.29, 1.82) is 0 Å². The SMILES string of the molecule is CCc1ccc(-c2cccc3c2C=C(CC2(CC)CCCCC2)[CH]3[Zr]([Cl])([Cl])([CH]2C(CC3(CC)CCCCC3)=Cc3c(-c4ccc(CC)cc4)cccc32)[SiH](C)C)cc1. The average molecular weight is 908 g/mol. The van der Waals surface area contributed by atoms with Crippen LogP contribution in [0, 0.1) is 10.8 Å². The molecule has 4 aliphatic carbocycles. The molecule has 4 aromatic carbocycles. The van der Waals surface area contributed by atoms with E-state index < -0.39 is 21.5 Å². The van der Waals surface area contributed by atoms with Gasteiger partial charge in [0.15, 0.2) is 0 Å². The Morgan fingerprint density at radius 2 is 0.914 bits per heavy atom. The number of fused-ring (bicyclic) bond motifs is 2. The third-order valence-corrected chi connectivity index (χ3v) is 68.2. The molecule has 4 heteroatoms. The zero-order valence-electron chi connectivity index (χ0n) is 36.5. The van der Waals surface area contributed by atoms with Crippen LogP contribution < -0.4 is 0 Å². The molecule has 0 amide bonds. The summed E-state index contributed by atoms with van der Waals surface area (Å²) in [5.74, 6) is -1.73. The minimum absolute atomic E-state index is 0.113. The topological polar surface area (TPSA) is 0 Å². The number of allylic oxidation sites excluding steroid dienone is 2. The van der Waals surface area contributed by atoms with Gasteiger partial charge in [0.1, 0.15) is 0 Å². The molecule has 2 unspecified atom stereocenters. The molecule has 2 atom stereocenters. The van der Waals surface area contributed by atoms with Crippen LogP contribution in [0.25, 0.3) is 34.4 Å². The standard InChI is InChI=1S/2C26H31.C2H7Si.2ClH.Zr/c2*1-3-20-11-13-22(14-12-20)24-10-8-9-23-17-21(18-25(23)24)19-26(4-2)15-6-5-7-16-26;1-3-2;;;/h2*8-14,17-18H,3-7,15-16,19H2,1-2H3;3H,1-2H3;2*1H;/q;;;;;+2/p-2. The minimum atomic E-state index is -5.08. The van der Waals surface area contributed by atoms with E-state index >= 15 is 0 Å². The Hall–Kier alpha value is -1.96. The summed E-state index contributed by atoms with van der Waals surface area (Å²) in [5.41, 5.74) is 17.5. The molecule has 8 rings (SSSR count). The Balaban J connectivity index is 1.36. The van der Waals surface area contributed by atoms with E-state index in [9.17, 15) is 17.0 Å². The van der Waals surface area contributed by atoms with Gasteiger partial charge in [-0.05, 0) is 0 Å². The molecule has 0 saturated heterocycles. The summed E-state index contributed by atoms with van der Waals surface area (Å²) in [5, 5.41) is 0. The van der Waals surface area contributed by atoms with Crippen LogP contribution in [0.3, 0.4) is 0 Å². The van der Waals surface area contributed by atoms with Crippen molar-refractivity contribution >= 4 is 35.1 Å². The van der Waals surface area contributed by atoms with Crippen LogP contribution in [0.1, 0.15) is 158 Å². The maximum absolute atomic E-state index is 9.23. The van der Waals surface area contributed by atoms with Gasteiger partial charge in [-0.1, -0.05) is 0 Å². The summed E-state index contributed by atoms with van der Waals surface area (Å²) in [6, 6.07) is 33.0. The molecule has 0 aromatic heterocycles. The first-order valence-corrected chi connectivity index (χ1v) is 39.7. The quantitative estimate of drug-likeness (QED) is 0.117. The Morgan fingerprint density at radius 1 is 0.534 bits per heavy atom. The van der Waals surface area contributed by atoms with Crippen molar-refractivity contribution in [2.75, 3.05) is 0 Å². The molecule has 307 valence electrons. The second-order valence-corrected chi connectivity index (χ2v) is 62.1. The van der Waals surface area contributed by atoms with Crippen LogP contribution >= 0.6 is 17.0 Å². The fraction of sp³-hybridized carbons (Fsp3) is 0.481. The van der Waals surface area contributed by atoms with E-state index in [0.29, 0.717) is 10.8 Å². The fourth-order valence-corrected chi connectivity index (χ4v) is 43.8. The molecule has 2 fully saturated rings. The first kappa shape index (κ1) is 42.7. The van der Waals surface area contributed by atoms with Crippen LogP contribution in [0.15, 0.2) is 96.1 Å². The fourth-order valence-electron chi connectivity index (χ4n) is 12.5. The number of rotatable bonds is 13. The van der Waals surface area contributed by atoms with Crippen molar-refractivity contribution in [3.8, 4) is 22.3 Å². The van der Waals surface area contributed by atoms with E-state index in [1.807, 2.05) is 0 Å². The normalized spacial score (nSPS) is 21.8. The van der Waals surface area contributed by atoms with Gasteiger partial charge in [-0.3, -0.25) is 0 Å². The van der Waals surface area contributed by atoms with E-state index in [0.717, 1.165) is 25.7 Å². The molecule has 0 heterocycles. The van der Waals surface area contributed by atoms with E-state index in [1.54, 1.807) is 11.1 Å². The Morgan fingerprint density at radius 3 is 1.24 bits per heavy atom. The van der Waals surface area contributed by atoms with E-state index in [4.69, 9.17) is 0 Å². The summed E-state index contributed by atoms with van der Waals surface area (Å²) in [4.78, 5) is 0. The number of benzene rings is 4. The molecule has 0 radical (unpaired) electrons. The summed E-state index contributed by atoms with van der Waals surface area (Å²) >= 11 is -5.08. The van der Waals surface area contributed by atoms with Crippen LogP contribution in [-0.4, -0.2) is 5.92 Å². The van der Waals surface area contributed by atoms with Crippen LogP contribution in [-0.2, 0) is 28.4 Å². The Bertz CT molecular complexity index is 2010. The first-order chi connectivity index (χ1) is 28.0. The van der Waals surface area contributed by atoms with Crippen molar-refractivity contribution in [3.05, 3.63) is 129 Å². The van der Waals surface area contributed by atoms with Crippen molar-refractivity contribution in [2.24, 2.45) is 10.8 Å². The van der Waals surface area contributed by atoms with Gasteiger partial charge in [0, 0.05) is 0 Å². The van der Waals surface area contributed by atoms with Gasteiger partial charge >= 0.3 is 364 Å². The summed E-state index contributed by atoms with van der Waals surface area (Å²) in [6.45, 7) is 14.5. The molecule has 0 N–H and O–H groups in total. The monoisotopic (exact) mass is 905 g/mol. The number of aryl methyl sites for hydroxylation is 2. The van der Waals surface area contributed by atoms with E-state index in [1.165, 1.54) is 133 Å². The zero-order chi connectivity index (χ0) is 40.7. The predicted octanol–water partition coefficient (Wildman–Crippen LogP) is 17.2. The molecule has 0 nitrogen and oxygen atoms in total. The van der Waals surface area contributed by atoms with Gasteiger partial charge in [0.2, 0.25) is 0 Å². The number of halogens is 2. The van der Waals surface area contributed by atoms with E-state index in [2.05, 4.69) is 138 Å². The van der Waals surface area contributed by atoms with E-state index in [-0.39, 0.29) is 7.25 Å². The molecule has 4 aromatic rings. The maximum atomic E-state index is 9.23. The van der Waals surface area contributed by atoms with Crippen molar-refractivity contribution in [1.82, 2.24) is 0 Å². The summed E-state index contributed by atoms with van der Waals surface area (Å²) < 4.78 is 0.227. The third kappa shape index (κ3) is 7.54. The van der Waals surface area contributed by atoms with Gasteiger partial charge in [0.05, 0.1) is 0 Å². The van der Waals surface area contributed by atoms with Crippen molar-refractivity contribution in [3.63, 3.8) is 0 Å². The molecule has 0 bridgehead atoms. The molecular weight excluding hydrogens is 839 g/mol. The van der Waals surface area contributed by atoms with Gasteiger partial charge in [-0.2, -0.15) is 0 Å². The predicted molar refractivity (Wildman–Crippen MR) is 255 cm³/mol. The second-order valence-electron chi connectivity index (χ2n) is 19.6. The molecule has 58 heavy (non-hydrogen) atoms. The Kier molecular flexibility index (Phi) is 12.6. The van der Waals surface area contributed by atoms with Crippen molar-refractivity contribution < 1.29 is 15.6 Å².